The number of carbonyl (C=O) groups excluding carboxylic acids is 1. The van der Waals surface area contributed by atoms with Gasteiger partial charge in [-0.3, -0.25) is 4.79 Å². The third kappa shape index (κ3) is 6.16. The van der Waals surface area contributed by atoms with Crippen LogP contribution in [-0.2, 0) is 11.4 Å². The summed E-state index contributed by atoms with van der Waals surface area (Å²) in [6.45, 7) is 2.50. The van der Waals surface area contributed by atoms with Gasteiger partial charge in [0.05, 0.1) is 23.6 Å². The van der Waals surface area contributed by atoms with Gasteiger partial charge < -0.3 is 19.7 Å². The lowest BCUT2D eigenvalue weighted by Gasteiger charge is -2.39. The number of hydrogen-bond acceptors (Lipinski definition) is 6. The van der Waals surface area contributed by atoms with Crippen LogP contribution in [0.4, 0.5) is 5.69 Å². The highest BCUT2D eigenvalue weighted by Crippen LogP contribution is 2.43. The fourth-order valence-corrected chi connectivity index (χ4v) is 6.99. The van der Waals surface area contributed by atoms with Crippen molar-refractivity contribution in [3.8, 4) is 17.6 Å². The van der Waals surface area contributed by atoms with Crippen molar-refractivity contribution in [2.75, 3.05) is 12.4 Å². The molecular formula is C32H32BrN3O3S. The van der Waals surface area contributed by atoms with E-state index in [1.54, 1.807) is 24.9 Å². The van der Waals surface area contributed by atoms with E-state index in [0.29, 0.717) is 27.9 Å². The molecule has 1 aliphatic heterocycles. The topological polar surface area (TPSA) is 74.6 Å². The van der Waals surface area contributed by atoms with Gasteiger partial charge in [0, 0.05) is 21.8 Å². The molecular weight excluding hydrogens is 586 g/mol. The first-order valence-corrected chi connectivity index (χ1v) is 15.2. The summed E-state index contributed by atoms with van der Waals surface area (Å²) in [5, 5.41) is 13.0. The Hall–Kier alpha value is -3.41. The molecule has 0 aromatic heterocycles. The van der Waals surface area contributed by atoms with Crippen LogP contribution in [0.15, 0.2) is 76.1 Å². The number of benzene rings is 3. The normalized spacial score (nSPS) is 21.8. The smallest absolute Gasteiger partial charge is 0.262 e. The maximum absolute atomic E-state index is 13.9. The predicted molar refractivity (Wildman–Crippen MR) is 164 cm³/mol. The molecule has 1 aliphatic carbocycles. The highest BCUT2D eigenvalue weighted by molar-refractivity contribution is 9.10. The minimum Gasteiger partial charge on any atom is -0.493 e. The second-order valence-corrected chi connectivity index (χ2v) is 12.1. The van der Waals surface area contributed by atoms with E-state index in [0.717, 1.165) is 40.5 Å². The summed E-state index contributed by atoms with van der Waals surface area (Å²) in [4.78, 5) is 16.7. The highest BCUT2D eigenvalue weighted by Gasteiger charge is 2.43. The van der Waals surface area contributed by atoms with Crippen molar-refractivity contribution in [2.24, 2.45) is 5.92 Å². The first-order valence-electron chi connectivity index (χ1n) is 13.5. The van der Waals surface area contributed by atoms with Gasteiger partial charge >= 0.3 is 0 Å². The monoisotopic (exact) mass is 617 g/mol. The van der Waals surface area contributed by atoms with Gasteiger partial charge in [0.25, 0.3) is 5.91 Å². The fourth-order valence-electron chi connectivity index (χ4n) is 5.35. The number of halogens is 1. The van der Waals surface area contributed by atoms with E-state index in [9.17, 15) is 10.1 Å². The van der Waals surface area contributed by atoms with Crippen LogP contribution in [-0.4, -0.2) is 29.5 Å². The molecule has 0 bridgehead atoms. The molecule has 206 valence electrons. The summed E-state index contributed by atoms with van der Waals surface area (Å²) in [5.41, 5.74) is 3.01. The van der Waals surface area contributed by atoms with Crippen LogP contribution in [0.5, 0.6) is 11.5 Å². The Morgan fingerprint density at radius 3 is 2.60 bits per heavy atom. The Morgan fingerprint density at radius 1 is 1.10 bits per heavy atom. The van der Waals surface area contributed by atoms with E-state index in [2.05, 4.69) is 39.1 Å². The summed E-state index contributed by atoms with van der Waals surface area (Å²) in [6.07, 6.45) is 6.45. The Morgan fingerprint density at radius 2 is 1.85 bits per heavy atom. The number of nitrogens with zero attached hydrogens (tertiary/aromatic N) is 2. The minimum absolute atomic E-state index is 0.0523. The van der Waals surface area contributed by atoms with Crippen molar-refractivity contribution in [2.45, 2.75) is 50.8 Å². The molecule has 1 N–H and O–H groups in total. The molecule has 1 amide bonds. The molecule has 3 aromatic rings. The molecule has 1 saturated carbocycles. The lowest BCUT2D eigenvalue weighted by atomic mass is 9.85. The Labute approximate surface area is 248 Å². The van der Waals surface area contributed by atoms with E-state index in [4.69, 9.17) is 9.47 Å². The number of hydrogen-bond donors (Lipinski definition) is 1. The summed E-state index contributed by atoms with van der Waals surface area (Å²) in [6, 6.07) is 23.6. The number of nitriles is 1. The molecule has 3 atom stereocenters. The molecule has 2 fully saturated rings. The summed E-state index contributed by atoms with van der Waals surface area (Å²) in [7, 11) is 1.59. The van der Waals surface area contributed by atoms with Gasteiger partial charge in [-0.25, -0.2) is 0 Å². The number of rotatable bonds is 8. The molecule has 0 spiro atoms. The maximum Gasteiger partial charge on any atom is 0.262 e. The Bertz CT molecular complexity index is 1440. The van der Waals surface area contributed by atoms with Crippen LogP contribution in [0, 0.1) is 17.2 Å². The second-order valence-electron chi connectivity index (χ2n) is 10.1. The average Bonchev–Trinajstić information content (AvgIpc) is 3.27. The fraction of sp³-hybridized carbons (Fsp3) is 0.312. The number of nitrogens with one attached hydrogen (secondary N) is 1. The van der Waals surface area contributed by atoms with Gasteiger partial charge in [-0.05, 0) is 60.7 Å². The second kappa shape index (κ2) is 12.8. The molecule has 40 heavy (non-hydrogen) atoms. The van der Waals surface area contributed by atoms with E-state index in [1.165, 1.54) is 6.42 Å². The molecule has 6 nitrogen and oxygen atoms in total. The molecule has 1 saturated heterocycles. The predicted octanol–water partition coefficient (Wildman–Crippen LogP) is 7.80. The average molecular weight is 619 g/mol. The molecule has 0 radical (unpaired) electrons. The summed E-state index contributed by atoms with van der Waals surface area (Å²) in [5.74, 6) is 1.61. The zero-order valence-electron chi connectivity index (χ0n) is 22.6. The Balaban J connectivity index is 1.42. The molecule has 2 aliphatic rings. The van der Waals surface area contributed by atoms with E-state index >= 15 is 0 Å². The quantitative estimate of drug-likeness (QED) is 0.260. The SMILES string of the molecule is COc1cc(/C=C2\SC(Nc3ccccc3)N([C@@H]3CCCC[C@@H]3C)C2=O)c(Br)cc1OCc1ccccc1C#N. The number of methoxy groups -OCH3 is 1. The number of ether oxygens (including phenoxy) is 2. The minimum atomic E-state index is -0.185. The van der Waals surface area contributed by atoms with Gasteiger partial charge in [-0.1, -0.05) is 83.9 Å². The third-order valence-corrected chi connectivity index (χ3v) is 9.32. The van der Waals surface area contributed by atoms with Gasteiger partial charge in [0.15, 0.2) is 17.0 Å². The molecule has 8 heteroatoms. The first-order chi connectivity index (χ1) is 19.5. The lowest BCUT2D eigenvalue weighted by Crippen LogP contribution is -2.48. The van der Waals surface area contributed by atoms with Gasteiger partial charge in [-0.2, -0.15) is 5.26 Å². The third-order valence-electron chi connectivity index (χ3n) is 7.51. The van der Waals surface area contributed by atoms with E-state index in [1.807, 2.05) is 66.7 Å². The van der Waals surface area contributed by atoms with Crippen molar-refractivity contribution in [1.29, 1.82) is 5.26 Å². The highest BCUT2D eigenvalue weighted by atomic mass is 79.9. The standard InChI is InChI=1S/C32H32BrN3O3S/c1-21-10-6-9-15-27(21)36-31(37)30(40-32(36)35-25-13-4-3-5-14-25)17-24-16-28(38-2)29(18-26(24)33)39-20-23-12-8-7-11-22(23)19-34/h3-5,7-8,11-14,16-18,21,27,32,35H,6,9-10,15,20H2,1-2H3/b30-17-/t21-,27+,32?/m0/s1. The summed E-state index contributed by atoms with van der Waals surface area (Å²) >= 11 is 5.23. The summed E-state index contributed by atoms with van der Waals surface area (Å²) < 4.78 is 12.5. The van der Waals surface area contributed by atoms with E-state index in [-0.39, 0.29) is 24.1 Å². The first kappa shape index (κ1) is 28.1. The van der Waals surface area contributed by atoms with Crippen LogP contribution in [0.25, 0.3) is 6.08 Å². The number of anilines is 1. The molecule has 3 aromatic carbocycles. The number of para-hydroxylation sites is 1. The van der Waals surface area contributed by atoms with Crippen LogP contribution in [0.2, 0.25) is 0 Å². The number of carbonyl (C=O) groups is 1. The number of amides is 1. The van der Waals surface area contributed by atoms with Crippen molar-refractivity contribution >= 4 is 45.4 Å². The maximum atomic E-state index is 13.9. The van der Waals surface area contributed by atoms with Crippen LogP contribution in [0.1, 0.15) is 49.3 Å². The Kier molecular flexibility index (Phi) is 9.03. The molecule has 5 rings (SSSR count). The van der Waals surface area contributed by atoms with Gasteiger partial charge in [0.2, 0.25) is 0 Å². The zero-order chi connectivity index (χ0) is 28.1. The van der Waals surface area contributed by atoms with Crippen molar-refractivity contribution in [3.05, 3.63) is 92.8 Å². The van der Waals surface area contributed by atoms with Crippen molar-refractivity contribution in [1.82, 2.24) is 4.90 Å². The lowest BCUT2D eigenvalue weighted by molar-refractivity contribution is -0.129. The number of thioether (sulfide) groups is 1. The van der Waals surface area contributed by atoms with Crippen molar-refractivity contribution < 1.29 is 14.3 Å². The van der Waals surface area contributed by atoms with Crippen LogP contribution < -0.4 is 14.8 Å². The van der Waals surface area contributed by atoms with Crippen LogP contribution in [0.3, 0.4) is 0 Å². The van der Waals surface area contributed by atoms with Crippen LogP contribution >= 0.6 is 27.7 Å². The molecule has 1 heterocycles. The molecule has 1 unspecified atom stereocenters. The van der Waals surface area contributed by atoms with Gasteiger partial charge in [-0.15, -0.1) is 0 Å². The van der Waals surface area contributed by atoms with E-state index < -0.39 is 0 Å². The largest absolute Gasteiger partial charge is 0.493 e. The van der Waals surface area contributed by atoms with Gasteiger partial charge in [0.1, 0.15) is 6.61 Å². The van der Waals surface area contributed by atoms with Crippen molar-refractivity contribution in [3.63, 3.8) is 0 Å². The zero-order valence-corrected chi connectivity index (χ0v) is 25.0.